The summed E-state index contributed by atoms with van der Waals surface area (Å²) in [5.74, 6) is -3.95. The van der Waals surface area contributed by atoms with Gasteiger partial charge in [-0.3, -0.25) is 14.4 Å². The fraction of sp³-hybridized carbons (Fsp3) is 0.467. The molecule has 42 heavy (non-hydrogen) atoms. The highest BCUT2D eigenvalue weighted by Gasteiger charge is 2.48. The Bertz CT molecular complexity index is 1250. The summed E-state index contributed by atoms with van der Waals surface area (Å²) in [5, 5.41) is 4.21. The molecule has 228 valence electrons. The molecule has 1 heterocycles. The minimum absolute atomic E-state index is 0.0622. The number of alkyl carbamates (subject to hydrolysis) is 1. The molecule has 0 aliphatic carbocycles. The van der Waals surface area contributed by atoms with Gasteiger partial charge in [0.1, 0.15) is 29.1 Å². The SMILES string of the molecule is CC(C)[C@H](NC(=O)OC(C)(C)C)C(=O)N1C(c2ccccc2)SC[C@H]1C(=O)NC(Cc1ccccc1)C(=O)C(F)(F)F. The van der Waals surface area contributed by atoms with Crippen molar-refractivity contribution >= 4 is 35.5 Å². The van der Waals surface area contributed by atoms with Gasteiger partial charge in [0.25, 0.3) is 5.78 Å². The Kier molecular flexibility index (Phi) is 10.7. The van der Waals surface area contributed by atoms with E-state index in [1.165, 1.54) is 16.7 Å². The number of nitrogens with zero attached hydrogens (tertiary/aromatic N) is 1. The number of carbonyl (C=O) groups excluding carboxylic acids is 4. The van der Waals surface area contributed by atoms with Crippen molar-refractivity contribution in [2.75, 3.05) is 5.75 Å². The Labute approximate surface area is 247 Å². The van der Waals surface area contributed by atoms with Crippen LogP contribution in [0.3, 0.4) is 0 Å². The Balaban J connectivity index is 1.94. The second kappa shape index (κ2) is 13.6. The third-order valence-corrected chi connectivity index (χ3v) is 7.77. The molecule has 1 aliphatic rings. The molecule has 0 saturated carbocycles. The van der Waals surface area contributed by atoms with Gasteiger partial charge in [0.2, 0.25) is 11.8 Å². The molecule has 3 amide bonds. The van der Waals surface area contributed by atoms with Crippen LogP contribution in [-0.2, 0) is 25.5 Å². The monoisotopic (exact) mass is 607 g/mol. The van der Waals surface area contributed by atoms with Crippen LogP contribution in [-0.4, -0.2) is 64.2 Å². The van der Waals surface area contributed by atoms with Crippen LogP contribution in [0, 0.1) is 5.92 Å². The smallest absolute Gasteiger partial charge is 0.444 e. The Morgan fingerprint density at radius 2 is 1.52 bits per heavy atom. The van der Waals surface area contributed by atoms with E-state index in [1.54, 1.807) is 95.3 Å². The molecular formula is C30H36F3N3O5S. The zero-order valence-electron chi connectivity index (χ0n) is 24.1. The lowest BCUT2D eigenvalue weighted by Gasteiger charge is -2.34. The van der Waals surface area contributed by atoms with Gasteiger partial charge >= 0.3 is 12.3 Å². The topological polar surface area (TPSA) is 105 Å². The molecular weight excluding hydrogens is 571 g/mol. The van der Waals surface area contributed by atoms with Gasteiger partial charge < -0.3 is 20.3 Å². The number of benzene rings is 2. The van der Waals surface area contributed by atoms with Crippen LogP contribution < -0.4 is 10.6 Å². The highest BCUT2D eigenvalue weighted by Crippen LogP contribution is 2.42. The van der Waals surface area contributed by atoms with Gasteiger partial charge in [-0.15, -0.1) is 11.8 Å². The number of nitrogens with one attached hydrogen (secondary N) is 2. The zero-order chi connectivity index (χ0) is 31.2. The van der Waals surface area contributed by atoms with Crippen molar-refractivity contribution in [2.45, 2.75) is 76.3 Å². The van der Waals surface area contributed by atoms with Crippen LogP contribution >= 0.6 is 11.8 Å². The third kappa shape index (κ3) is 8.73. The summed E-state index contributed by atoms with van der Waals surface area (Å²) < 4.78 is 45.9. The molecule has 8 nitrogen and oxygen atoms in total. The maximum absolute atomic E-state index is 14.1. The van der Waals surface area contributed by atoms with E-state index in [9.17, 15) is 32.3 Å². The maximum atomic E-state index is 14.1. The Morgan fingerprint density at radius 3 is 2.05 bits per heavy atom. The van der Waals surface area contributed by atoms with Crippen LogP contribution in [0.4, 0.5) is 18.0 Å². The molecule has 2 aromatic carbocycles. The lowest BCUT2D eigenvalue weighted by atomic mass is 10.00. The van der Waals surface area contributed by atoms with E-state index in [2.05, 4.69) is 10.6 Å². The van der Waals surface area contributed by atoms with Crippen molar-refractivity contribution in [3.63, 3.8) is 0 Å². The summed E-state index contributed by atoms with van der Waals surface area (Å²) in [6.07, 6.45) is -6.38. The molecule has 12 heteroatoms. The summed E-state index contributed by atoms with van der Waals surface area (Å²) in [5.41, 5.74) is 0.294. The zero-order valence-corrected chi connectivity index (χ0v) is 24.9. The van der Waals surface area contributed by atoms with E-state index in [-0.39, 0.29) is 12.2 Å². The lowest BCUT2D eigenvalue weighted by Crippen LogP contribution is -2.58. The highest BCUT2D eigenvalue weighted by atomic mass is 32.2. The molecule has 3 rings (SSSR count). The highest BCUT2D eigenvalue weighted by molar-refractivity contribution is 7.99. The van der Waals surface area contributed by atoms with Gasteiger partial charge in [-0.05, 0) is 37.8 Å². The van der Waals surface area contributed by atoms with Gasteiger partial charge in [0, 0.05) is 12.2 Å². The summed E-state index contributed by atoms with van der Waals surface area (Å²) in [7, 11) is 0. The fourth-order valence-corrected chi connectivity index (χ4v) is 5.92. The molecule has 4 atom stereocenters. The molecule has 0 radical (unpaired) electrons. The average Bonchev–Trinajstić information content (AvgIpc) is 3.35. The quantitative estimate of drug-likeness (QED) is 0.414. The number of ether oxygens (including phenoxy) is 1. The first-order valence-corrected chi connectivity index (χ1v) is 14.6. The minimum Gasteiger partial charge on any atom is -0.444 e. The summed E-state index contributed by atoms with van der Waals surface area (Å²) in [6, 6.07) is 12.7. The third-order valence-electron chi connectivity index (χ3n) is 6.44. The van der Waals surface area contributed by atoms with Crippen LogP contribution in [0.5, 0.6) is 0 Å². The normalized spacial score (nSPS) is 18.7. The maximum Gasteiger partial charge on any atom is 0.452 e. The minimum atomic E-state index is -5.18. The van der Waals surface area contributed by atoms with Crippen LogP contribution in [0.15, 0.2) is 60.7 Å². The molecule has 2 aromatic rings. The number of halogens is 3. The molecule has 1 fully saturated rings. The summed E-state index contributed by atoms with van der Waals surface area (Å²) >= 11 is 1.26. The van der Waals surface area contributed by atoms with Crippen molar-refractivity contribution in [1.29, 1.82) is 0 Å². The molecule has 1 aliphatic heterocycles. The first-order valence-electron chi connectivity index (χ1n) is 13.5. The van der Waals surface area contributed by atoms with Crippen molar-refractivity contribution in [3.05, 3.63) is 71.8 Å². The first kappa shape index (κ1) is 33.0. The van der Waals surface area contributed by atoms with Gasteiger partial charge in [-0.25, -0.2) is 4.79 Å². The van der Waals surface area contributed by atoms with Crippen molar-refractivity contribution in [1.82, 2.24) is 15.5 Å². The number of thioether (sulfide) groups is 1. The van der Waals surface area contributed by atoms with Crippen LogP contribution in [0.25, 0.3) is 0 Å². The number of hydrogen-bond acceptors (Lipinski definition) is 6. The van der Waals surface area contributed by atoms with E-state index in [0.717, 1.165) is 0 Å². The predicted octanol–water partition coefficient (Wildman–Crippen LogP) is 5.04. The summed E-state index contributed by atoms with van der Waals surface area (Å²) in [4.78, 5) is 54.0. The standard InChI is InChI=1S/C30H36F3N3O5S/c1-18(2)23(35-28(40)41-29(3,4)5)26(39)36-22(17-42-27(36)20-14-10-7-11-15-20)25(38)34-21(24(37)30(31,32)33)16-19-12-8-6-9-13-19/h6-15,18,21-23,27H,16-17H2,1-5H3,(H,34,38)(H,35,40)/t21?,22-,23-,27?/m0/s1. The molecule has 2 N–H and O–H groups in total. The van der Waals surface area contributed by atoms with Crippen LogP contribution in [0.1, 0.15) is 51.1 Å². The van der Waals surface area contributed by atoms with E-state index in [0.29, 0.717) is 11.1 Å². The Hall–Kier alpha value is -3.54. The van der Waals surface area contributed by atoms with Gasteiger partial charge in [-0.2, -0.15) is 13.2 Å². The number of carbonyl (C=O) groups is 4. The van der Waals surface area contributed by atoms with Gasteiger partial charge in [-0.1, -0.05) is 74.5 Å². The predicted molar refractivity (Wildman–Crippen MR) is 153 cm³/mol. The van der Waals surface area contributed by atoms with Gasteiger partial charge in [0.05, 0.1) is 0 Å². The largest absolute Gasteiger partial charge is 0.452 e. The van der Waals surface area contributed by atoms with Crippen LogP contribution in [0.2, 0.25) is 0 Å². The number of Topliss-reactive ketones (excluding diaryl/α,β-unsaturated/α-hetero) is 1. The fourth-order valence-electron chi connectivity index (χ4n) is 4.49. The van der Waals surface area contributed by atoms with E-state index in [4.69, 9.17) is 4.74 Å². The first-order chi connectivity index (χ1) is 19.6. The Morgan fingerprint density at radius 1 is 0.952 bits per heavy atom. The average molecular weight is 608 g/mol. The molecule has 1 saturated heterocycles. The van der Waals surface area contributed by atoms with Gasteiger partial charge in [0.15, 0.2) is 0 Å². The molecule has 0 spiro atoms. The number of ketones is 1. The van der Waals surface area contributed by atoms with E-state index in [1.807, 2.05) is 0 Å². The summed E-state index contributed by atoms with van der Waals surface area (Å²) in [6.45, 7) is 8.46. The molecule has 2 unspecified atom stereocenters. The van der Waals surface area contributed by atoms with Crippen molar-refractivity contribution in [2.24, 2.45) is 5.92 Å². The lowest BCUT2D eigenvalue weighted by molar-refractivity contribution is -0.173. The number of amides is 3. The molecule has 0 bridgehead atoms. The van der Waals surface area contributed by atoms with E-state index < -0.39 is 64.9 Å². The van der Waals surface area contributed by atoms with Crippen molar-refractivity contribution < 1.29 is 37.1 Å². The molecule has 0 aromatic heterocycles. The second-order valence-electron chi connectivity index (χ2n) is 11.3. The van der Waals surface area contributed by atoms with E-state index >= 15 is 0 Å². The number of hydrogen-bond donors (Lipinski definition) is 2. The number of alkyl halides is 3. The number of rotatable bonds is 9. The van der Waals surface area contributed by atoms with Crippen molar-refractivity contribution in [3.8, 4) is 0 Å². The second-order valence-corrected chi connectivity index (χ2v) is 12.5.